The quantitative estimate of drug-likeness (QED) is 0.920. The third kappa shape index (κ3) is 3.16. The molecule has 3 rings (SSSR count). The van der Waals surface area contributed by atoms with Crippen molar-refractivity contribution in [2.24, 2.45) is 13.0 Å². The summed E-state index contributed by atoms with van der Waals surface area (Å²) in [6.45, 7) is 2.52. The van der Waals surface area contributed by atoms with E-state index in [-0.39, 0.29) is 6.10 Å². The van der Waals surface area contributed by atoms with Crippen LogP contribution in [0.15, 0.2) is 23.7 Å². The first-order valence-corrected chi connectivity index (χ1v) is 7.93. The number of nitrogens with zero attached hydrogens (tertiary/aromatic N) is 3. The number of aromatic nitrogens is 2. The van der Waals surface area contributed by atoms with Gasteiger partial charge in [-0.25, -0.2) is 0 Å². The molecular weight excluding hydrogens is 284 g/mol. The largest absolute Gasteiger partial charge is 0.372 e. The fraction of sp³-hybridized carbons (Fsp3) is 0.467. The molecule has 6 heteroatoms. The number of rotatable bonds is 5. The molecule has 2 aromatic rings. The Kier molecular flexibility index (Phi) is 4.34. The van der Waals surface area contributed by atoms with Crippen molar-refractivity contribution < 1.29 is 4.74 Å². The van der Waals surface area contributed by atoms with Crippen LogP contribution in [0.3, 0.4) is 0 Å². The van der Waals surface area contributed by atoms with Gasteiger partial charge in [-0.3, -0.25) is 4.68 Å². The highest BCUT2D eigenvalue weighted by Crippen LogP contribution is 2.33. The summed E-state index contributed by atoms with van der Waals surface area (Å²) in [5.74, 6) is 0.468. The first-order valence-electron chi connectivity index (χ1n) is 7.05. The SMILES string of the molecule is Cn1nccc1[C@@H]1OCC[C@H]1CNCc1cc(C#N)cs1. The Hall–Kier alpha value is -1.68. The van der Waals surface area contributed by atoms with E-state index in [1.807, 2.05) is 35.4 Å². The number of hydrogen-bond donors (Lipinski definition) is 1. The molecule has 5 nitrogen and oxygen atoms in total. The van der Waals surface area contributed by atoms with Crippen LogP contribution < -0.4 is 5.32 Å². The van der Waals surface area contributed by atoms with E-state index in [1.54, 1.807) is 11.3 Å². The van der Waals surface area contributed by atoms with Gasteiger partial charge in [-0.1, -0.05) is 0 Å². The van der Waals surface area contributed by atoms with E-state index in [0.29, 0.717) is 5.92 Å². The van der Waals surface area contributed by atoms with Crippen LogP contribution in [0.1, 0.15) is 28.7 Å². The van der Waals surface area contributed by atoms with Gasteiger partial charge >= 0.3 is 0 Å². The van der Waals surface area contributed by atoms with Crippen molar-refractivity contribution in [1.82, 2.24) is 15.1 Å². The minimum Gasteiger partial charge on any atom is -0.372 e. The lowest BCUT2D eigenvalue weighted by Gasteiger charge is -2.19. The molecule has 0 radical (unpaired) electrons. The maximum absolute atomic E-state index is 8.83. The molecule has 2 aromatic heterocycles. The molecule has 110 valence electrons. The van der Waals surface area contributed by atoms with Crippen molar-refractivity contribution in [3.05, 3.63) is 39.8 Å². The lowest BCUT2D eigenvalue weighted by atomic mass is 9.99. The molecular formula is C15H18N4OS. The van der Waals surface area contributed by atoms with Crippen LogP contribution in [0.2, 0.25) is 0 Å². The fourth-order valence-electron chi connectivity index (χ4n) is 2.75. The van der Waals surface area contributed by atoms with E-state index in [2.05, 4.69) is 16.5 Å². The monoisotopic (exact) mass is 302 g/mol. The number of nitrogens with one attached hydrogen (secondary N) is 1. The maximum atomic E-state index is 8.83. The highest BCUT2D eigenvalue weighted by molar-refractivity contribution is 7.10. The number of hydrogen-bond acceptors (Lipinski definition) is 5. The van der Waals surface area contributed by atoms with Gasteiger partial charge in [-0.2, -0.15) is 10.4 Å². The summed E-state index contributed by atoms with van der Waals surface area (Å²) in [6.07, 6.45) is 3.01. The topological polar surface area (TPSA) is 62.9 Å². The minimum absolute atomic E-state index is 0.128. The van der Waals surface area contributed by atoms with Crippen molar-refractivity contribution in [2.45, 2.75) is 19.1 Å². The number of aryl methyl sites for hydroxylation is 1. The van der Waals surface area contributed by atoms with Crippen molar-refractivity contribution in [2.75, 3.05) is 13.2 Å². The van der Waals surface area contributed by atoms with Gasteiger partial charge in [0.25, 0.3) is 0 Å². The molecule has 0 saturated carbocycles. The summed E-state index contributed by atoms with van der Waals surface area (Å²) in [6, 6.07) is 6.14. The lowest BCUT2D eigenvalue weighted by Crippen LogP contribution is -2.25. The van der Waals surface area contributed by atoms with Gasteiger partial charge in [0, 0.05) is 49.1 Å². The highest BCUT2D eigenvalue weighted by Gasteiger charge is 2.31. The standard InChI is InChI=1S/C15H18N4OS/c1-19-14(2-4-18-19)15-12(3-5-20-15)8-17-9-13-6-11(7-16)10-21-13/h2,4,6,10,12,15,17H,3,5,8-9H2,1H3/t12-,15+/m0/s1. The summed E-state index contributed by atoms with van der Waals surface area (Å²) < 4.78 is 7.76. The van der Waals surface area contributed by atoms with Crippen molar-refractivity contribution >= 4 is 11.3 Å². The molecule has 0 bridgehead atoms. The van der Waals surface area contributed by atoms with E-state index >= 15 is 0 Å². The van der Waals surface area contributed by atoms with Crippen LogP contribution >= 0.6 is 11.3 Å². The average molecular weight is 302 g/mol. The second-order valence-electron chi connectivity index (χ2n) is 5.26. The van der Waals surface area contributed by atoms with Gasteiger partial charge in [-0.05, 0) is 18.6 Å². The van der Waals surface area contributed by atoms with Gasteiger partial charge in [0.15, 0.2) is 0 Å². The number of ether oxygens (including phenoxy) is 1. The second kappa shape index (κ2) is 6.39. The summed E-state index contributed by atoms with van der Waals surface area (Å²) in [5.41, 5.74) is 1.89. The molecule has 1 aliphatic rings. The van der Waals surface area contributed by atoms with Gasteiger partial charge in [0.2, 0.25) is 0 Å². The van der Waals surface area contributed by atoms with Crippen LogP contribution in [-0.2, 0) is 18.3 Å². The van der Waals surface area contributed by atoms with Crippen LogP contribution in [0.5, 0.6) is 0 Å². The third-order valence-electron chi connectivity index (χ3n) is 3.85. The number of thiophene rings is 1. The maximum Gasteiger partial charge on any atom is 0.103 e. The average Bonchev–Trinajstić information content (AvgIpc) is 3.19. The molecule has 0 aromatic carbocycles. The van der Waals surface area contributed by atoms with Gasteiger partial charge < -0.3 is 10.1 Å². The molecule has 1 fully saturated rings. The van der Waals surface area contributed by atoms with Crippen LogP contribution in [0.25, 0.3) is 0 Å². The summed E-state index contributed by atoms with van der Waals surface area (Å²) in [7, 11) is 1.95. The van der Waals surface area contributed by atoms with Crippen molar-refractivity contribution in [3.63, 3.8) is 0 Å². The minimum atomic E-state index is 0.128. The lowest BCUT2D eigenvalue weighted by molar-refractivity contribution is 0.0838. The summed E-state index contributed by atoms with van der Waals surface area (Å²) in [5, 5.41) is 18.4. The van der Waals surface area contributed by atoms with Crippen molar-refractivity contribution in [3.8, 4) is 6.07 Å². The molecule has 2 atom stereocenters. The second-order valence-corrected chi connectivity index (χ2v) is 6.26. The van der Waals surface area contributed by atoms with Gasteiger partial charge in [0.1, 0.15) is 12.2 Å². The summed E-state index contributed by atoms with van der Waals surface area (Å²) >= 11 is 1.63. The van der Waals surface area contributed by atoms with Crippen LogP contribution in [0, 0.1) is 17.2 Å². The van der Waals surface area contributed by atoms with Crippen molar-refractivity contribution in [1.29, 1.82) is 5.26 Å². The predicted molar refractivity (Wildman–Crippen MR) is 80.7 cm³/mol. The Morgan fingerprint density at radius 2 is 2.52 bits per heavy atom. The fourth-order valence-corrected chi connectivity index (χ4v) is 3.53. The normalized spacial score (nSPS) is 21.5. The van der Waals surface area contributed by atoms with Gasteiger partial charge in [0.05, 0.1) is 11.3 Å². The zero-order chi connectivity index (χ0) is 14.7. The molecule has 1 aliphatic heterocycles. The first-order chi connectivity index (χ1) is 10.3. The van der Waals surface area contributed by atoms with E-state index in [0.717, 1.165) is 37.4 Å². The van der Waals surface area contributed by atoms with Crippen LogP contribution in [-0.4, -0.2) is 22.9 Å². The Bertz CT molecular complexity index is 642. The van der Waals surface area contributed by atoms with E-state index in [4.69, 9.17) is 10.00 Å². The van der Waals surface area contributed by atoms with Crippen LogP contribution in [0.4, 0.5) is 0 Å². The zero-order valence-electron chi connectivity index (χ0n) is 12.0. The Morgan fingerprint density at radius 1 is 1.62 bits per heavy atom. The van der Waals surface area contributed by atoms with E-state index in [1.165, 1.54) is 4.88 Å². The molecule has 0 amide bonds. The molecule has 21 heavy (non-hydrogen) atoms. The molecule has 1 N–H and O–H groups in total. The zero-order valence-corrected chi connectivity index (χ0v) is 12.8. The Morgan fingerprint density at radius 3 is 3.24 bits per heavy atom. The molecule has 0 spiro atoms. The molecule has 3 heterocycles. The predicted octanol–water partition coefficient (Wildman–Crippen LogP) is 2.22. The first kappa shape index (κ1) is 14.3. The molecule has 1 saturated heterocycles. The van der Waals surface area contributed by atoms with E-state index in [9.17, 15) is 0 Å². The Balaban J connectivity index is 1.55. The molecule has 0 unspecified atom stereocenters. The number of nitriles is 1. The highest BCUT2D eigenvalue weighted by atomic mass is 32.1. The Labute approximate surface area is 128 Å². The molecule has 0 aliphatic carbocycles. The van der Waals surface area contributed by atoms with E-state index < -0.39 is 0 Å². The van der Waals surface area contributed by atoms with Gasteiger partial charge in [-0.15, -0.1) is 11.3 Å². The smallest absolute Gasteiger partial charge is 0.103 e. The summed E-state index contributed by atoms with van der Waals surface area (Å²) in [4.78, 5) is 1.20. The third-order valence-corrected chi connectivity index (χ3v) is 4.79.